The van der Waals surface area contributed by atoms with E-state index in [9.17, 15) is 28.1 Å². The second-order valence-electron chi connectivity index (χ2n) is 3.46. The van der Waals surface area contributed by atoms with Gasteiger partial charge < -0.3 is 0 Å². The second-order valence-corrected chi connectivity index (χ2v) is 3.87. The van der Waals surface area contributed by atoms with Crippen molar-refractivity contribution in [3.05, 3.63) is 38.9 Å². The maximum absolute atomic E-state index is 11.9. The summed E-state index contributed by atoms with van der Waals surface area (Å²) in [5, 5.41) is 10.4. The summed E-state index contributed by atoms with van der Waals surface area (Å²) in [6, 6.07) is 3.06. The molecular formula is C10H7ClF3NO3. The van der Waals surface area contributed by atoms with Gasteiger partial charge in [-0.3, -0.25) is 14.9 Å². The van der Waals surface area contributed by atoms with E-state index < -0.39 is 35.4 Å². The molecule has 0 heterocycles. The van der Waals surface area contributed by atoms with E-state index in [4.69, 9.17) is 11.6 Å². The van der Waals surface area contributed by atoms with Crippen LogP contribution in [0, 0.1) is 10.1 Å². The monoisotopic (exact) mass is 281 g/mol. The quantitative estimate of drug-likeness (QED) is 0.479. The summed E-state index contributed by atoms with van der Waals surface area (Å²) in [5.74, 6) is -0.874. The third kappa shape index (κ3) is 3.99. The molecule has 0 saturated heterocycles. The van der Waals surface area contributed by atoms with Crippen LogP contribution in [0.3, 0.4) is 0 Å². The molecule has 0 amide bonds. The predicted molar refractivity (Wildman–Crippen MR) is 57.7 cm³/mol. The van der Waals surface area contributed by atoms with Crippen molar-refractivity contribution in [1.82, 2.24) is 0 Å². The largest absolute Gasteiger partial charge is 0.389 e. The third-order valence-electron chi connectivity index (χ3n) is 2.10. The normalized spacial score (nSPS) is 11.3. The number of rotatable bonds is 4. The Balaban J connectivity index is 2.91. The summed E-state index contributed by atoms with van der Waals surface area (Å²) in [6.07, 6.45) is -6.53. The molecule has 0 spiro atoms. The number of non-ortho nitro benzene ring substituents is 1. The molecule has 8 heteroatoms. The number of alkyl halides is 3. The van der Waals surface area contributed by atoms with E-state index in [2.05, 4.69) is 0 Å². The molecule has 4 nitrogen and oxygen atoms in total. The topological polar surface area (TPSA) is 60.2 Å². The first-order chi connectivity index (χ1) is 8.20. The van der Waals surface area contributed by atoms with Crippen LogP contribution in [-0.4, -0.2) is 16.9 Å². The smallest absolute Gasteiger partial charge is 0.294 e. The van der Waals surface area contributed by atoms with Gasteiger partial charge in [0.25, 0.3) is 5.69 Å². The van der Waals surface area contributed by atoms with E-state index in [0.717, 1.165) is 18.2 Å². The van der Waals surface area contributed by atoms with E-state index in [1.54, 1.807) is 0 Å². The van der Waals surface area contributed by atoms with Gasteiger partial charge in [0.2, 0.25) is 0 Å². The van der Waals surface area contributed by atoms with E-state index in [-0.39, 0.29) is 10.6 Å². The Kier molecular flexibility index (Phi) is 4.28. The minimum absolute atomic E-state index is 0.104. The first kappa shape index (κ1) is 14.4. The third-order valence-corrected chi connectivity index (χ3v) is 2.43. The van der Waals surface area contributed by atoms with Crippen molar-refractivity contribution < 1.29 is 22.9 Å². The van der Waals surface area contributed by atoms with Gasteiger partial charge in [-0.1, -0.05) is 11.6 Å². The van der Waals surface area contributed by atoms with Gasteiger partial charge >= 0.3 is 6.18 Å². The molecule has 98 valence electrons. The molecule has 0 N–H and O–H groups in total. The number of nitro groups is 1. The minimum Gasteiger partial charge on any atom is -0.294 e. The van der Waals surface area contributed by atoms with Gasteiger partial charge in [0.15, 0.2) is 5.78 Å². The van der Waals surface area contributed by atoms with E-state index in [1.165, 1.54) is 0 Å². The van der Waals surface area contributed by atoms with Gasteiger partial charge in [-0.25, -0.2) is 0 Å². The average Bonchev–Trinajstić information content (AvgIpc) is 2.25. The van der Waals surface area contributed by atoms with E-state index >= 15 is 0 Å². The van der Waals surface area contributed by atoms with Crippen LogP contribution in [0.1, 0.15) is 23.2 Å². The Labute approximate surface area is 105 Å². The summed E-state index contributed by atoms with van der Waals surface area (Å²) < 4.78 is 35.8. The number of Topliss-reactive ketones (excluding diaryl/α,β-unsaturated/α-hetero) is 1. The first-order valence-corrected chi connectivity index (χ1v) is 5.12. The van der Waals surface area contributed by atoms with Crippen LogP contribution in [0.15, 0.2) is 18.2 Å². The van der Waals surface area contributed by atoms with Crippen LogP contribution in [-0.2, 0) is 0 Å². The van der Waals surface area contributed by atoms with Crippen molar-refractivity contribution >= 4 is 23.1 Å². The van der Waals surface area contributed by atoms with Gasteiger partial charge in [-0.15, -0.1) is 0 Å². The number of halogens is 4. The molecule has 0 fully saturated rings. The lowest BCUT2D eigenvalue weighted by Gasteiger charge is -2.06. The molecule has 1 aromatic carbocycles. The van der Waals surface area contributed by atoms with Crippen molar-refractivity contribution in [2.24, 2.45) is 0 Å². The maximum Gasteiger partial charge on any atom is 0.389 e. The Morgan fingerprint density at radius 3 is 2.50 bits per heavy atom. The van der Waals surface area contributed by atoms with Crippen molar-refractivity contribution in [3.63, 3.8) is 0 Å². The van der Waals surface area contributed by atoms with E-state index in [1.807, 2.05) is 0 Å². The second kappa shape index (κ2) is 5.34. The molecule has 0 bridgehead atoms. The number of hydrogen-bond donors (Lipinski definition) is 0. The molecule has 1 aromatic rings. The lowest BCUT2D eigenvalue weighted by atomic mass is 10.1. The fourth-order valence-electron chi connectivity index (χ4n) is 1.23. The van der Waals surface area contributed by atoms with Gasteiger partial charge in [0, 0.05) is 24.1 Å². The van der Waals surface area contributed by atoms with Gasteiger partial charge in [-0.05, 0) is 6.07 Å². The highest BCUT2D eigenvalue weighted by Gasteiger charge is 2.28. The Bertz CT molecular complexity index is 488. The minimum atomic E-state index is -4.46. The lowest BCUT2D eigenvalue weighted by Crippen LogP contribution is -2.11. The Morgan fingerprint density at radius 2 is 2.00 bits per heavy atom. The molecular weight excluding hydrogens is 275 g/mol. The zero-order chi connectivity index (χ0) is 13.9. The van der Waals surface area contributed by atoms with Crippen molar-refractivity contribution in [2.75, 3.05) is 0 Å². The highest BCUT2D eigenvalue weighted by molar-refractivity contribution is 6.34. The van der Waals surface area contributed by atoms with Crippen LogP contribution < -0.4 is 0 Å². The number of carbonyl (C=O) groups is 1. The molecule has 1 rings (SSSR count). The fraction of sp³-hybridized carbons (Fsp3) is 0.300. The van der Waals surface area contributed by atoms with Crippen molar-refractivity contribution in [2.45, 2.75) is 19.0 Å². The van der Waals surface area contributed by atoms with Gasteiger partial charge in [0.1, 0.15) is 0 Å². The zero-order valence-electron chi connectivity index (χ0n) is 8.83. The molecule has 18 heavy (non-hydrogen) atoms. The molecule has 0 saturated carbocycles. The van der Waals surface area contributed by atoms with Crippen LogP contribution >= 0.6 is 11.6 Å². The molecule has 0 aliphatic rings. The van der Waals surface area contributed by atoms with Gasteiger partial charge in [-0.2, -0.15) is 13.2 Å². The zero-order valence-corrected chi connectivity index (χ0v) is 9.59. The Hall–Kier alpha value is -1.63. The molecule has 0 aliphatic carbocycles. The van der Waals surface area contributed by atoms with Crippen LogP contribution in [0.25, 0.3) is 0 Å². The summed E-state index contributed by atoms with van der Waals surface area (Å²) in [4.78, 5) is 21.2. The van der Waals surface area contributed by atoms with Crippen LogP contribution in [0.4, 0.5) is 18.9 Å². The first-order valence-electron chi connectivity index (χ1n) is 4.74. The standard InChI is InChI=1S/C10H7ClF3NO3/c11-8-2-1-6(15(17)18)5-7(8)9(16)3-4-10(12,13)14/h1-2,5H,3-4H2. The molecule has 0 unspecified atom stereocenters. The number of nitrogens with zero attached hydrogens (tertiary/aromatic N) is 1. The fourth-order valence-corrected chi connectivity index (χ4v) is 1.45. The molecule has 0 aromatic heterocycles. The maximum atomic E-state index is 11.9. The lowest BCUT2D eigenvalue weighted by molar-refractivity contribution is -0.384. The number of ketones is 1. The SMILES string of the molecule is O=C(CCC(F)(F)F)c1cc([N+](=O)[O-])ccc1Cl. The number of hydrogen-bond acceptors (Lipinski definition) is 3. The highest BCUT2D eigenvalue weighted by Crippen LogP contribution is 2.26. The predicted octanol–water partition coefficient (Wildman–Crippen LogP) is 3.77. The molecule has 0 radical (unpaired) electrons. The number of nitro benzene ring substituents is 1. The summed E-state index contributed by atoms with van der Waals surface area (Å²) >= 11 is 5.62. The number of carbonyl (C=O) groups excluding carboxylic acids is 1. The summed E-state index contributed by atoms with van der Waals surface area (Å²) in [5.41, 5.74) is -0.662. The van der Waals surface area contributed by atoms with E-state index in [0.29, 0.717) is 0 Å². The summed E-state index contributed by atoms with van der Waals surface area (Å²) in [7, 11) is 0. The summed E-state index contributed by atoms with van der Waals surface area (Å²) in [6.45, 7) is 0. The Morgan fingerprint density at radius 1 is 1.39 bits per heavy atom. The van der Waals surface area contributed by atoms with Crippen LogP contribution in [0.2, 0.25) is 5.02 Å². The average molecular weight is 282 g/mol. The van der Waals surface area contributed by atoms with Crippen molar-refractivity contribution in [1.29, 1.82) is 0 Å². The molecule has 0 aliphatic heterocycles. The van der Waals surface area contributed by atoms with Crippen molar-refractivity contribution in [3.8, 4) is 0 Å². The molecule has 0 atom stereocenters. The highest BCUT2D eigenvalue weighted by atomic mass is 35.5. The van der Waals surface area contributed by atoms with Crippen LogP contribution in [0.5, 0.6) is 0 Å². The number of benzene rings is 1. The van der Waals surface area contributed by atoms with Gasteiger partial charge in [0.05, 0.1) is 16.4 Å².